The largest absolute Gasteiger partial charge is 0.497 e. The van der Waals surface area contributed by atoms with E-state index in [1.54, 1.807) is 25.6 Å². The van der Waals surface area contributed by atoms with Crippen LogP contribution in [0, 0.1) is 6.92 Å². The molecule has 1 aliphatic rings. The normalized spacial score (nSPS) is 17.6. The van der Waals surface area contributed by atoms with Gasteiger partial charge in [0.25, 0.3) is 0 Å². The molecule has 1 aromatic carbocycles. The molecule has 0 saturated heterocycles. The molecule has 0 spiro atoms. The van der Waals surface area contributed by atoms with Gasteiger partial charge in [-0.2, -0.15) is 0 Å². The SMILES string of the molecule is COc1ccc(OC)c(C2NCCc3nc(C)sc32)c1. The fourth-order valence-corrected chi connectivity index (χ4v) is 3.70. The van der Waals surface area contributed by atoms with Gasteiger partial charge in [-0.25, -0.2) is 4.98 Å². The predicted molar refractivity (Wildman–Crippen MR) is 79.9 cm³/mol. The van der Waals surface area contributed by atoms with Crippen LogP contribution in [-0.2, 0) is 6.42 Å². The molecule has 1 unspecified atom stereocenters. The van der Waals surface area contributed by atoms with Gasteiger partial charge in [0.2, 0.25) is 0 Å². The summed E-state index contributed by atoms with van der Waals surface area (Å²) in [6, 6.07) is 6.05. The minimum absolute atomic E-state index is 0.134. The first-order valence-corrected chi connectivity index (χ1v) is 7.46. The third-order valence-corrected chi connectivity index (χ3v) is 4.63. The van der Waals surface area contributed by atoms with Crippen molar-refractivity contribution in [1.82, 2.24) is 10.3 Å². The van der Waals surface area contributed by atoms with E-state index in [9.17, 15) is 0 Å². The standard InChI is InChI=1S/C15H18N2O2S/c1-9-17-12-6-7-16-14(15(12)20-9)11-8-10(18-2)4-5-13(11)19-3/h4-5,8,14,16H,6-7H2,1-3H3. The Morgan fingerprint density at radius 1 is 1.30 bits per heavy atom. The number of nitrogens with zero attached hydrogens (tertiary/aromatic N) is 1. The second kappa shape index (κ2) is 5.42. The molecule has 0 bridgehead atoms. The van der Waals surface area contributed by atoms with E-state index < -0.39 is 0 Å². The van der Waals surface area contributed by atoms with E-state index in [1.807, 2.05) is 18.2 Å². The number of hydrogen-bond acceptors (Lipinski definition) is 5. The fourth-order valence-electron chi connectivity index (χ4n) is 2.63. The van der Waals surface area contributed by atoms with Crippen LogP contribution in [0.3, 0.4) is 0 Å². The second-order valence-electron chi connectivity index (χ2n) is 4.79. The maximum atomic E-state index is 5.51. The van der Waals surface area contributed by atoms with Gasteiger partial charge in [-0.1, -0.05) is 0 Å². The summed E-state index contributed by atoms with van der Waals surface area (Å²) in [6.45, 7) is 2.99. The summed E-state index contributed by atoms with van der Waals surface area (Å²) in [7, 11) is 3.38. The van der Waals surface area contributed by atoms with Crippen molar-refractivity contribution in [3.05, 3.63) is 39.3 Å². The molecule has 0 amide bonds. The molecule has 4 nitrogen and oxygen atoms in total. The first kappa shape index (κ1) is 13.4. The monoisotopic (exact) mass is 290 g/mol. The van der Waals surface area contributed by atoms with E-state index in [1.165, 1.54) is 10.6 Å². The number of rotatable bonds is 3. The number of nitrogens with one attached hydrogen (secondary N) is 1. The van der Waals surface area contributed by atoms with Crippen molar-refractivity contribution in [2.45, 2.75) is 19.4 Å². The smallest absolute Gasteiger partial charge is 0.124 e. The average Bonchev–Trinajstić information content (AvgIpc) is 2.86. The third kappa shape index (κ3) is 2.27. The number of thiazole rings is 1. The Kier molecular flexibility index (Phi) is 3.63. The van der Waals surface area contributed by atoms with Gasteiger partial charge < -0.3 is 14.8 Å². The van der Waals surface area contributed by atoms with E-state index in [0.29, 0.717) is 0 Å². The van der Waals surface area contributed by atoms with E-state index >= 15 is 0 Å². The summed E-state index contributed by atoms with van der Waals surface area (Å²) < 4.78 is 10.9. The Labute approximate surface area is 122 Å². The van der Waals surface area contributed by atoms with Crippen LogP contribution in [0.25, 0.3) is 0 Å². The highest BCUT2D eigenvalue weighted by Crippen LogP contribution is 2.38. The van der Waals surface area contributed by atoms with Crippen LogP contribution in [0.5, 0.6) is 11.5 Å². The van der Waals surface area contributed by atoms with Gasteiger partial charge in [0.1, 0.15) is 11.5 Å². The molecule has 1 N–H and O–H groups in total. The van der Waals surface area contributed by atoms with E-state index in [4.69, 9.17) is 9.47 Å². The summed E-state index contributed by atoms with van der Waals surface area (Å²) in [5.74, 6) is 1.72. The molecule has 1 aliphatic heterocycles. The molecule has 2 aromatic rings. The molecule has 0 radical (unpaired) electrons. The predicted octanol–water partition coefficient (Wildman–Crippen LogP) is 2.70. The number of benzene rings is 1. The van der Waals surface area contributed by atoms with Crippen molar-refractivity contribution in [2.24, 2.45) is 0 Å². The van der Waals surface area contributed by atoms with Crippen molar-refractivity contribution >= 4 is 11.3 Å². The minimum atomic E-state index is 0.134. The maximum absolute atomic E-state index is 5.51. The molecular formula is C15H18N2O2S. The molecule has 1 atom stereocenters. The molecular weight excluding hydrogens is 272 g/mol. The van der Waals surface area contributed by atoms with Crippen molar-refractivity contribution in [2.75, 3.05) is 20.8 Å². The lowest BCUT2D eigenvalue weighted by molar-refractivity contribution is 0.393. The lowest BCUT2D eigenvalue weighted by Crippen LogP contribution is -2.30. The number of methoxy groups -OCH3 is 2. The Hall–Kier alpha value is -1.59. The lowest BCUT2D eigenvalue weighted by Gasteiger charge is -2.25. The highest BCUT2D eigenvalue weighted by molar-refractivity contribution is 7.11. The number of aryl methyl sites for hydroxylation is 1. The number of hydrogen-bond donors (Lipinski definition) is 1. The van der Waals surface area contributed by atoms with Crippen LogP contribution in [-0.4, -0.2) is 25.7 Å². The molecule has 5 heteroatoms. The molecule has 0 aliphatic carbocycles. The van der Waals surface area contributed by atoms with Crippen molar-refractivity contribution < 1.29 is 9.47 Å². The zero-order chi connectivity index (χ0) is 14.1. The van der Waals surface area contributed by atoms with Gasteiger partial charge in [0.15, 0.2) is 0 Å². The van der Waals surface area contributed by atoms with E-state index in [-0.39, 0.29) is 6.04 Å². The summed E-state index contributed by atoms with van der Waals surface area (Å²) in [5.41, 5.74) is 2.32. The second-order valence-corrected chi connectivity index (χ2v) is 6.02. The van der Waals surface area contributed by atoms with Crippen LogP contribution in [0.15, 0.2) is 18.2 Å². The number of aromatic nitrogens is 1. The first-order valence-electron chi connectivity index (χ1n) is 6.64. The third-order valence-electron chi connectivity index (χ3n) is 3.55. The van der Waals surface area contributed by atoms with E-state index in [0.717, 1.165) is 35.0 Å². The zero-order valence-corrected chi connectivity index (χ0v) is 12.7. The Morgan fingerprint density at radius 2 is 2.15 bits per heavy atom. The molecule has 3 rings (SSSR count). The Balaban J connectivity index is 2.09. The molecule has 106 valence electrons. The van der Waals surface area contributed by atoms with Crippen molar-refractivity contribution in [1.29, 1.82) is 0 Å². The number of ether oxygens (including phenoxy) is 2. The van der Waals surface area contributed by atoms with Crippen molar-refractivity contribution in [3.8, 4) is 11.5 Å². The summed E-state index contributed by atoms with van der Waals surface area (Å²) in [6.07, 6.45) is 0.989. The average molecular weight is 290 g/mol. The van der Waals surface area contributed by atoms with Gasteiger partial charge in [0, 0.05) is 23.4 Å². The Morgan fingerprint density at radius 3 is 2.90 bits per heavy atom. The number of fused-ring (bicyclic) bond motifs is 1. The van der Waals surface area contributed by atoms with Gasteiger partial charge >= 0.3 is 0 Å². The highest BCUT2D eigenvalue weighted by atomic mass is 32.1. The van der Waals surface area contributed by atoms with Crippen LogP contribution in [0.1, 0.15) is 27.2 Å². The van der Waals surface area contributed by atoms with Gasteiger partial charge in [-0.15, -0.1) is 11.3 Å². The molecule has 0 saturated carbocycles. The van der Waals surface area contributed by atoms with E-state index in [2.05, 4.69) is 17.2 Å². The van der Waals surface area contributed by atoms with Crippen LogP contribution < -0.4 is 14.8 Å². The fraction of sp³-hybridized carbons (Fsp3) is 0.400. The van der Waals surface area contributed by atoms with Crippen molar-refractivity contribution in [3.63, 3.8) is 0 Å². The lowest BCUT2D eigenvalue weighted by atomic mass is 9.99. The van der Waals surface area contributed by atoms with Gasteiger partial charge in [0.05, 0.1) is 31.0 Å². The topological polar surface area (TPSA) is 43.4 Å². The van der Waals surface area contributed by atoms with Gasteiger partial charge in [-0.3, -0.25) is 0 Å². The molecule has 1 aromatic heterocycles. The van der Waals surface area contributed by atoms with Crippen LogP contribution in [0.2, 0.25) is 0 Å². The summed E-state index contributed by atoms with van der Waals surface area (Å²) in [5, 5.41) is 4.68. The molecule has 0 fully saturated rings. The van der Waals surface area contributed by atoms with Gasteiger partial charge in [-0.05, 0) is 25.1 Å². The first-order chi connectivity index (χ1) is 9.72. The molecule has 2 heterocycles. The summed E-state index contributed by atoms with van der Waals surface area (Å²) >= 11 is 1.76. The van der Waals surface area contributed by atoms with Crippen LogP contribution >= 0.6 is 11.3 Å². The zero-order valence-electron chi connectivity index (χ0n) is 11.9. The molecule has 20 heavy (non-hydrogen) atoms. The Bertz CT molecular complexity index is 624. The quantitative estimate of drug-likeness (QED) is 0.944. The highest BCUT2D eigenvalue weighted by Gasteiger charge is 2.27. The summed E-state index contributed by atoms with van der Waals surface area (Å²) in [4.78, 5) is 5.92. The van der Waals surface area contributed by atoms with Crippen LogP contribution in [0.4, 0.5) is 0 Å². The minimum Gasteiger partial charge on any atom is -0.497 e. The maximum Gasteiger partial charge on any atom is 0.124 e.